The molecule has 3 atom stereocenters. The summed E-state index contributed by atoms with van der Waals surface area (Å²) in [4.78, 5) is 12.3. The zero-order valence-electron chi connectivity index (χ0n) is 15.8. The van der Waals surface area contributed by atoms with Gasteiger partial charge in [0.15, 0.2) is 17.2 Å². The Hall–Kier alpha value is -3.15. The predicted octanol–water partition coefficient (Wildman–Crippen LogP) is 5.49. The van der Waals surface area contributed by atoms with Crippen molar-refractivity contribution < 1.29 is 36.2 Å². The topological polar surface area (TPSA) is 59.3 Å². The van der Waals surface area contributed by atoms with Crippen molar-refractivity contribution in [2.45, 2.75) is 32.0 Å². The molecule has 0 spiro atoms. The highest BCUT2D eigenvalue weighted by Crippen LogP contribution is 2.67. The summed E-state index contributed by atoms with van der Waals surface area (Å²) in [7, 11) is 0. The third kappa shape index (κ3) is 3.58. The minimum atomic E-state index is -3.40. The summed E-state index contributed by atoms with van der Waals surface area (Å²) >= 11 is 0. The van der Waals surface area contributed by atoms with Crippen LogP contribution in [0.15, 0.2) is 42.5 Å². The first-order valence-electron chi connectivity index (χ1n) is 8.82. The number of carbonyl (C=O) groups is 1. The Morgan fingerprint density at radius 2 is 1.77 bits per heavy atom. The second kappa shape index (κ2) is 7.59. The van der Waals surface area contributed by atoms with Crippen LogP contribution in [0, 0.1) is 34.3 Å². The average molecular weight is 425 g/mol. The van der Waals surface area contributed by atoms with Crippen molar-refractivity contribution in [3.63, 3.8) is 0 Å². The number of halogens is 5. The Balaban J connectivity index is 1.80. The van der Waals surface area contributed by atoms with Gasteiger partial charge in [0.25, 0.3) is 6.43 Å². The van der Waals surface area contributed by atoms with E-state index in [4.69, 9.17) is 9.47 Å². The Labute approximate surface area is 168 Å². The highest BCUT2D eigenvalue weighted by molar-refractivity contribution is 5.80. The molecule has 0 saturated heterocycles. The number of hydrogen-bond acceptors (Lipinski definition) is 4. The van der Waals surface area contributed by atoms with E-state index in [-0.39, 0.29) is 17.1 Å². The summed E-state index contributed by atoms with van der Waals surface area (Å²) in [5.41, 5.74) is -4.72. The molecule has 3 unspecified atom stereocenters. The fraction of sp³-hybridized carbons (Fsp3) is 0.333. The number of carbonyl (C=O) groups excluding carboxylic acids is 1. The number of ether oxygens (including phenoxy) is 2. The zero-order valence-corrected chi connectivity index (χ0v) is 15.8. The van der Waals surface area contributed by atoms with E-state index >= 15 is 0 Å². The quantitative estimate of drug-likeness (QED) is 0.453. The molecule has 2 aromatic rings. The minimum absolute atomic E-state index is 0.00989. The van der Waals surface area contributed by atoms with Crippen molar-refractivity contribution in [3.05, 3.63) is 59.7 Å². The Morgan fingerprint density at radius 3 is 2.30 bits per heavy atom. The Morgan fingerprint density at radius 1 is 1.13 bits per heavy atom. The largest absolute Gasteiger partial charge is 0.454 e. The third-order valence-electron chi connectivity index (χ3n) is 5.25. The maximum Gasteiger partial charge on any atom is 0.314 e. The Bertz CT molecular complexity index is 1000. The molecule has 158 valence electrons. The molecular formula is C21H16F5NO3. The van der Waals surface area contributed by atoms with Gasteiger partial charge in [0.1, 0.15) is 23.6 Å². The number of rotatable bonds is 6. The summed E-state index contributed by atoms with van der Waals surface area (Å²) < 4.78 is 77.9. The SMILES string of the molecule is CC1(C)C(C(=O)OC(C#N)c2ccc(F)c(Oc3ccc(F)cc3)c2)C1(F)C(F)F. The molecule has 4 nitrogen and oxygen atoms in total. The maximum atomic E-state index is 14.4. The van der Waals surface area contributed by atoms with Crippen LogP contribution >= 0.6 is 0 Å². The number of esters is 1. The molecule has 1 aliphatic carbocycles. The highest BCUT2D eigenvalue weighted by Gasteiger charge is 2.81. The van der Waals surface area contributed by atoms with E-state index in [1.807, 2.05) is 0 Å². The van der Waals surface area contributed by atoms with Gasteiger partial charge < -0.3 is 9.47 Å². The van der Waals surface area contributed by atoms with Crippen molar-refractivity contribution in [3.8, 4) is 17.6 Å². The van der Waals surface area contributed by atoms with Gasteiger partial charge in [-0.05, 0) is 36.4 Å². The van der Waals surface area contributed by atoms with Crippen LogP contribution in [0.3, 0.4) is 0 Å². The first-order chi connectivity index (χ1) is 14.0. The molecular weight excluding hydrogens is 409 g/mol. The predicted molar refractivity (Wildman–Crippen MR) is 94.4 cm³/mol. The summed E-state index contributed by atoms with van der Waals surface area (Å²) in [6.07, 6.45) is -5.00. The van der Waals surface area contributed by atoms with Crippen molar-refractivity contribution in [1.82, 2.24) is 0 Å². The minimum Gasteiger partial charge on any atom is -0.454 e. The van der Waals surface area contributed by atoms with Gasteiger partial charge >= 0.3 is 5.97 Å². The van der Waals surface area contributed by atoms with E-state index in [1.165, 1.54) is 26.0 Å². The number of alkyl halides is 3. The van der Waals surface area contributed by atoms with Gasteiger partial charge in [0.05, 0.1) is 0 Å². The lowest BCUT2D eigenvalue weighted by molar-refractivity contribution is -0.151. The first-order valence-corrected chi connectivity index (χ1v) is 8.82. The van der Waals surface area contributed by atoms with Crippen LogP contribution in [0.25, 0.3) is 0 Å². The molecule has 0 N–H and O–H groups in total. The first kappa shape index (κ1) is 21.6. The smallest absolute Gasteiger partial charge is 0.314 e. The van der Waals surface area contributed by atoms with Gasteiger partial charge in [0.2, 0.25) is 6.10 Å². The van der Waals surface area contributed by atoms with Gasteiger partial charge in [-0.2, -0.15) is 5.26 Å². The van der Waals surface area contributed by atoms with Gasteiger partial charge in [0, 0.05) is 11.0 Å². The molecule has 0 radical (unpaired) electrons. The molecule has 30 heavy (non-hydrogen) atoms. The molecule has 3 rings (SSSR count). The molecule has 1 saturated carbocycles. The lowest BCUT2D eigenvalue weighted by Gasteiger charge is -2.14. The molecule has 9 heteroatoms. The maximum absolute atomic E-state index is 14.4. The molecule has 0 aromatic heterocycles. The average Bonchev–Trinajstić information content (AvgIpc) is 3.17. The molecule has 0 bridgehead atoms. The molecule has 1 fully saturated rings. The lowest BCUT2D eigenvalue weighted by atomic mass is 10.1. The van der Waals surface area contributed by atoms with Crippen molar-refractivity contribution in [2.75, 3.05) is 0 Å². The summed E-state index contributed by atoms with van der Waals surface area (Å²) in [5, 5.41) is 9.34. The van der Waals surface area contributed by atoms with Crippen molar-refractivity contribution >= 4 is 5.97 Å². The zero-order chi connectivity index (χ0) is 22.3. The second-order valence-corrected chi connectivity index (χ2v) is 7.42. The fourth-order valence-corrected chi connectivity index (χ4v) is 3.36. The number of hydrogen-bond donors (Lipinski definition) is 0. The van der Waals surface area contributed by atoms with E-state index in [9.17, 15) is 32.0 Å². The normalized spacial score (nSPS) is 22.8. The fourth-order valence-electron chi connectivity index (χ4n) is 3.36. The van der Waals surface area contributed by atoms with Crippen LogP contribution in [0.5, 0.6) is 11.5 Å². The summed E-state index contributed by atoms with van der Waals surface area (Å²) in [5.74, 6) is -4.60. The van der Waals surface area contributed by atoms with Gasteiger partial charge in [-0.15, -0.1) is 0 Å². The summed E-state index contributed by atoms with van der Waals surface area (Å²) in [6.45, 7) is 2.33. The molecule has 0 amide bonds. The second-order valence-electron chi connectivity index (χ2n) is 7.42. The van der Waals surface area contributed by atoms with Gasteiger partial charge in [-0.3, -0.25) is 4.79 Å². The van der Waals surface area contributed by atoms with E-state index < -0.39 is 47.1 Å². The third-order valence-corrected chi connectivity index (χ3v) is 5.25. The van der Waals surface area contributed by atoms with E-state index in [0.717, 1.165) is 30.3 Å². The Kier molecular flexibility index (Phi) is 5.46. The van der Waals surface area contributed by atoms with E-state index in [1.54, 1.807) is 6.07 Å². The molecule has 2 aromatic carbocycles. The van der Waals surface area contributed by atoms with Gasteiger partial charge in [-0.25, -0.2) is 22.0 Å². The van der Waals surface area contributed by atoms with Crippen molar-refractivity contribution in [1.29, 1.82) is 5.26 Å². The summed E-state index contributed by atoms with van der Waals surface area (Å²) in [6, 6.07) is 9.52. The standard InChI is InChI=1S/C21H16F5NO3/c1-20(2)17(21(20,26)19(24)25)18(28)30-16(10-27)11-3-8-14(23)15(9-11)29-13-6-4-12(22)5-7-13/h3-9,16-17,19H,1-2H3. The molecule has 0 aliphatic heterocycles. The number of benzene rings is 2. The van der Waals surface area contributed by atoms with E-state index in [2.05, 4.69) is 0 Å². The van der Waals surface area contributed by atoms with E-state index in [0.29, 0.717) is 0 Å². The lowest BCUT2D eigenvalue weighted by Crippen LogP contribution is -2.23. The highest BCUT2D eigenvalue weighted by atomic mass is 19.3. The van der Waals surface area contributed by atoms with Crippen LogP contribution in [-0.2, 0) is 9.53 Å². The van der Waals surface area contributed by atoms with Crippen LogP contribution in [0.1, 0.15) is 25.5 Å². The molecule has 1 aliphatic rings. The monoisotopic (exact) mass is 425 g/mol. The molecule has 0 heterocycles. The van der Waals surface area contributed by atoms with Crippen molar-refractivity contribution in [2.24, 2.45) is 11.3 Å². The number of nitriles is 1. The van der Waals surface area contributed by atoms with Gasteiger partial charge in [-0.1, -0.05) is 19.9 Å². The van der Waals surface area contributed by atoms with Crippen LogP contribution in [0.2, 0.25) is 0 Å². The number of nitrogens with zero attached hydrogens (tertiary/aromatic N) is 1. The van der Waals surface area contributed by atoms with Crippen LogP contribution in [0.4, 0.5) is 22.0 Å². The van der Waals surface area contributed by atoms with Crippen LogP contribution < -0.4 is 4.74 Å². The van der Waals surface area contributed by atoms with Crippen LogP contribution in [-0.4, -0.2) is 18.1 Å².